The molecule has 1 fully saturated rings. The Morgan fingerprint density at radius 3 is 2.67 bits per heavy atom. The number of piperidine rings is 1. The van der Waals surface area contributed by atoms with Crippen LogP contribution in [0.3, 0.4) is 0 Å². The van der Waals surface area contributed by atoms with Gasteiger partial charge in [-0.3, -0.25) is 0 Å². The van der Waals surface area contributed by atoms with Crippen LogP contribution < -0.4 is 4.90 Å². The lowest BCUT2D eigenvalue weighted by Gasteiger charge is -2.43. The van der Waals surface area contributed by atoms with E-state index in [-0.39, 0.29) is 0 Å². The number of hydrogen-bond donors (Lipinski definition) is 0. The van der Waals surface area contributed by atoms with Gasteiger partial charge in [-0.05, 0) is 42.9 Å². The summed E-state index contributed by atoms with van der Waals surface area (Å²) in [6.07, 6.45) is 1.31. The van der Waals surface area contributed by atoms with Crippen molar-refractivity contribution in [2.24, 2.45) is 11.8 Å². The Hall–Kier alpha value is -0.210. The second-order valence-electron chi connectivity index (χ2n) is 5.63. The zero-order valence-corrected chi connectivity index (χ0v) is 13.6. The zero-order valence-electron chi connectivity index (χ0n) is 11.3. The third kappa shape index (κ3) is 2.85. The second kappa shape index (κ2) is 5.83. The van der Waals surface area contributed by atoms with Crippen LogP contribution in [0, 0.1) is 11.8 Å². The Bertz CT molecular complexity index is 421. The van der Waals surface area contributed by atoms with Gasteiger partial charge in [0, 0.05) is 17.9 Å². The minimum Gasteiger partial charge on any atom is -0.367 e. The van der Waals surface area contributed by atoms with E-state index in [9.17, 15) is 0 Å². The highest BCUT2D eigenvalue weighted by atomic mass is 79.9. The summed E-state index contributed by atoms with van der Waals surface area (Å²) in [5.74, 6) is 1.46. The van der Waals surface area contributed by atoms with Crippen molar-refractivity contribution >= 4 is 33.2 Å². The minimum absolute atomic E-state index is 0.563. The molecule has 0 radical (unpaired) electrons. The van der Waals surface area contributed by atoms with Gasteiger partial charge in [-0.15, -0.1) is 0 Å². The summed E-state index contributed by atoms with van der Waals surface area (Å²) < 4.78 is 0. The molecule has 18 heavy (non-hydrogen) atoms. The van der Waals surface area contributed by atoms with Gasteiger partial charge in [-0.2, -0.15) is 0 Å². The molecule has 0 aliphatic carbocycles. The largest absolute Gasteiger partial charge is 0.367 e. The fourth-order valence-electron chi connectivity index (χ4n) is 2.90. The molecule has 3 unspecified atom stereocenters. The van der Waals surface area contributed by atoms with Gasteiger partial charge in [0.2, 0.25) is 0 Å². The van der Waals surface area contributed by atoms with Crippen LogP contribution in [0.1, 0.15) is 32.8 Å². The fraction of sp³-hybridized carbons (Fsp3) is 0.600. The van der Waals surface area contributed by atoms with Crippen LogP contribution in [0.2, 0.25) is 5.02 Å². The van der Waals surface area contributed by atoms with E-state index in [1.165, 1.54) is 17.7 Å². The highest BCUT2D eigenvalue weighted by Crippen LogP contribution is 2.35. The van der Waals surface area contributed by atoms with E-state index >= 15 is 0 Å². The van der Waals surface area contributed by atoms with Crippen LogP contribution in [0.25, 0.3) is 0 Å². The number of benzene rings is 1. The molecule has 0 bridgehead atoms. The van der Waals surface area contributed by atoms with Crippen molar-refractivity contribution in [1.29, 1.82) is 0 Å². The van der Waals surface area contributed by atoms with E-state index in [4.69, 9.17) is 11.6 Å². The van der Waals surface area contributed by atoms with Crippen molar-refractivity contribution < 1.29 is 0 Å². The summed E-state index contributed by atoms with van der Waals surface area (Å²) in [7, 11) is 0. The molecule has 1 aromatic carbocycles. The SMILES string of the molecule is CC1CC(C)C(C)N(c2ccc(CBr)cc2Cl)C1. The normalized spacial score (nSPS) is 28.5. The first kappa shape index (κ1) is 14.2. The van der Waals surface area contributed by atoms with Crippen LogP contribution in [0.15, 0.2) is 18.2 Å². The van der Waals surface area contributed by atoms with Crippen molar-refractivity contribution in [2.45, 2.75) is 38.6 Å². The van der Waals surface area contributed by atoms with Gasteiger partial charge >= 0.3 is 0 Å². The minimum atomic E-state index is 0.563. The number of alkyl halides is 1. The molecule has 1 aromatic rings. The van der Waals surface area contributed by atoms with Gasteiger partial charge in [-0.1, -0.05) is 47.4 Å². The number of halogens is 2. The number of hydrogen-bond acceptors (Lipinski definition) is 1. The van der Waals surface area contributed by atoms with Crippen molar-refractivity contribution in [2.75, 3.05) is 11.4 Å². The Balaban J connectivity index is 2.29. The van der Waals surface area contributed by atoms with Crippen LogP contribution in [-0.2, 0) is 5.33 Å². The lowest BCUT2D eigenvalue weighted by Crippen LogP contribution is -2.46. The summed E-state index contributed by atoms with van der Waals surface area (Å²) in [5, 5.41) is 1.73. The van der Waals surface area contributed by atoms with E-state index in [2.05, 4.69) is 59.8 Å². The third-order valence-electron chi connectivity index (χ3n) is 4.07. The van der Waals surface area contributed by atoms with Gasteiger partial charge in [0.25, 0.3) is 0 Å². The lowest BCUT2D eigenvalue weighted by atomic mass is 9.85. The maximum atomic E-state index is 6.44. The molecule has 0 N–H and O–H groups in total. The van der Waals surface area contributed by atoms with E-state index in [1.807, 2.05) is 0 Å². The maximum Gasteiger partial charge on any atom is 0.0642 e. The topological polar surface area (TPSA) is 3.24 Å². The Labute approximate surface area is 124 Å². The van der Waals surface area contributed by atoms with Crippen LogP contribution in [0.5, 0.6) is 0 Å². The number of anilines is 1. The predicted molar refractivity (Wildman–Crippen MR) is 83.8 cm³/mol. The molecule has 2 rings (SSSR count). The summed E-state index contributed by atoms with van der Waals surface area (Å²) >= 11 is 9.91. The van der Waals surface area contributed by atoms with Crippen molar-refractivity contribution in [3.05, 3.63) is 28.8 Å². The molecule has 3 atom stereocenters. The van der Waals surface area contributed by atoms with Gasteiger partial charge in [0.1, 0.15) is 0 Å². The van der Waals surface area contributed by atoms with Crippen LogP contribution >= 0.6 is 27.5 Å². The Kier molecular flexibility index (Phi) is 4.60. The standard InChI is InChI=1S/C15H21BrClN/c1-10-6-11(2)12(3)18(9-10)15-5-4-13(8-16)7-14(15)17/h4-5,7,10-12H,6,8-9H2,1-3H3. The van der Waals surface area contributed by atoms with Crippen LogP contribution in [0.4, 0.5) is 5.69 Å². The monoisotopic (exact) mass is 329 g/mol. The average molecular weight is 331 g/mol. The Morgan fingerprint density at radius 2 is 2.06 bits per heavy atom. The molecular formula is C15H21BrClN. The molecule has 100 valence electrons. The van der Waals surface area contributed by atoms with E-state index in [0.29, 0.717) is 6.04 Å². The quantitative estimate of drug-likeness (QED) is 0.681. The van der Waals surface area contributed by atoms with Gasteiger partial charge in [0.05, 0.1) is 10.7 Å². The smallest absolute Gasteiger partial charge is 0.0642 e. The van der Waals surface area contributed by atoms with Gasteiger partial charge < -0.3 is 4.90 Å². The molecule has 0 saturated carbocycles. The van der Waals surface area contributed by atoms with Crippen molar-refractivity contribution in [3.8, 4) is 0 Å². The maximum absolute atomic E-state index is 6.44. The van der Waals surface area contributed by atoms with Gasteiger partial charge in [-0.25, -0.2) is 0 Å². The number of nitrogens with zero attached hydrogens (tertiary/aromatic N) is 1. The average Bonchev–Trinajstić information content (AvgIpc) is 2.34. The van der Waals surface area contributed by atoms with Gasteiger partial charge in [0.15, 0.2) is 0 Å². The first-order valence-corrected chi connectivity index (χ1v) is 8.14. The second-order valence-corrected chi connectivity index (χ2v) is 6.60. The molecule has 1 aliphatic heterocycles. The van der Waals surface area contributed by atoms with Crippen molar-refractivity contribution in [3.63, 3.8) is 0 Å². The van der Waals surface area contributed by atoms with Crippen LogP contribution in [-0.4, -0.2) is 12.6 Å². The van der Waals surface area contributed by atoms with E-state index in [1.54, 1.807) is 0 Å². The molecule has 1 nitrogen and oxygen atoms in total. The van der Waals surface area contributed by atoms with E-state index in [0.717, 1.165) is 28.7 Å². The molecular weight excluding hydrogens is 310 g/mol. The molecule has 1 aliphatic rings. The number of rotatable bonds is 2. The molecule has 0 amide bonds. The summed E-state index contributed by atoms with van der Waals surface area (Å²) in [6, 6.07) is 6.96. The summed E-state index contributed by atoms with van der Waals surface area (Å²) in [5.41, 5.74) is 2.42. The summed E-state index contributed by atoms with van der Waals surface area (Å²) in [6.45, 7) is 8.09. The lowest BCUT2D eigenvalue weighted by molar-refractivity contribution is 0.297. The fourth-order valence-corrected chi connectivity index (χ4v) is 3.56. The Morgan fingerprint density at radius 1 is 1.33 bits per heavy atom. The van der Waals surface area contributed by atoms with E-state index < -0.39 is 0 Å². The zero-order chi connectivity index (χ0) is 13.3. The molecule has 1 heterocycles. The highest BCUT2D eigenvalue weighted by molar-refractivity contribution is 9.08. The first-order valence-electron chi connectivity index (χ1n) is 6.64. The first-order chi connectivity index (χ1) is 8.52. The van der Waals surface area contributed by atoms with Crippen molar-refractivity contribution in [1.82, 2.24) is 0 Å². The third-order valence-corrected chi connectivity index (χ3v) is 5.02. The molecule has 0 spiro atoms. The molecule has 1 saturated heterocycles. The summed E-state index contributed by atoms with van der Waals surface area (Å²) in [4.78, 5) is 2.47. The molecule has 3 heteroatoms. The predicted octanol–water partition coefficient (Wildman–Crippen LogP) is 5.11. The highest BCUT2D eigenvalue weighted by Gasteiger charge is 2.29. The molecule has 0 aromatic heterocycles.